The van der Waals surface area contributed by atoms with Crippen molar-refractivity contribution in [3.05, 3.63) is 0 Å². The molecular formula is C6H15NaO6S. The summed E-state index contributed by atoms with van der Waals surface area (Å²) in [5, 5.41) is 17.2. The van der Waals surface area contributed by atoms with Gasteiger partial charge in [-0.1, -0.05) is 0 Å². The van der Waals surface area contributed by atoms with Crippen molar-refractivity contribution in [3.8, 4) is 0 Å². The first kappa shape index (κ1) is 17.2. The van der Waals surface area contributed by atoms with Gasteiger partial charge in [0.1, 0.15) is 0 Å². The van der Waals surface area contributed by atoms with E-state index in [1.165, 1.54) is 0 Å². The SMILES string of the molecule is O=S(=O)(O)CCCOC(O)CCO.[NaH]. The molecule has 0 amide bonds. The standard InChI is InChI=1S/C6H14O6S.Na.H/c7-3-2-6(8)12-4-1-5-13(9,10)11;;/h6-8H,1-5H2,(H,9,10,11);;. The summed E-state index contributed by atoms with van der Waals surface area (Å²) in [6.07, 6.45) is -0.876. The van der Waals surface area contributed by atoms with E-state index in [4.69, 9.17) is 19.5 Å². The minimum atomic E-state index is -3.95. The number of aliphatic hydroxyl groups is 2. The van der Waals surface area contributed by atoms with Gasteiger partial charge in [0.15, 0.2) is 6.29 Å². The molecule has 0 aromatic heterocycles. The average molecular weight is 238 g/mol. The molecule has 0 saturated carbocycles. The van der Waals surface area contributed by atoms with Crippen LogP contribution in [-0.4, -0.2) is 78.0 Å². The third-order valence-electron chi connectivity index (χ3n) is 1.23. The molecule has 0 saturated heterocycles. The molecule has 0 fully saturated rings. The van der Waals surface area contributed by atoms with E-state index in [1.807, 2.05) is 0 Å². The van der Waals surface area contributed by atoms with Crippen LogP contribution in [0.2, 0.25) is 0 Å². The van der Waals surface area contributed by atoms with Gasteiger partial charge in [0.2, 0.25) is 0 Å². The van der Waals surface area contributed by atoms with Gasteiger partial charge in [0, 0.05) is 13.0 Å². The van der Waals surface area contributed by atoms with Gasteiger partial charge in [-0.05, 0) is 6.42 Å². The third kappa shape index (κ3) is 12.8. The molecule has 0 aliphatic rings. The van der Waals surface area contributed by atoms with Crippen molar-refractivity contribution in [2.24, 2.45) is 0 Å². The van der Waals surface area contributed by atoms with Crippen molar-refractivity contribution in [1.82, 2.24) is 0 Å². The van der Waals surface area contributed by atoms with Crippen LogP contribution in [0.4, 0.5) is 0 Å². The fraction of sp³-hybridized carbons (Fsp3) is 1.00. The molecule has 0 heterocycles. The van der Waals surface area contributed by atoms with Crippen molar-refractivity contribution in [2.45, 2.75) is 19.1 Å². The second kappa shape index (κ2) is 9.05. The van der Waals surface area contributed by atoms with Gasteiger partial charge in [-0.2, -0.15) is 8.42 Å². The summed E-state index contributed by atoms with van der Waals surface area (Å²) in [5.41, 5.74) is 0. The molecule has 8 heteroatoms. The Labute approximate surface area is 105 Å². The third-order valence-corrected chi connectivity index (χ3v) is 2.04. The molecule has 0 rings (SSSR count). The van der Waals surface area contributed by atoms with Crippen molar-refractivity contribution < 1.29 is 27.9 Å². The molecule has 6 nitrogen and oxygen atoms in total. The monoisotopic (exact) mass is 238 g/mol. The van der Waals surface area contributed by atoms with E-state index >= 15 is 0 Å². The van der Waals surface area contributed by atoms with E-state index in [-0.39, 0.29) is 55.6 Å². The first-order chi connectivity index (χ1) is 5.95. The van der Waals surface area contributed by atoms with Crippen LogP contribution in [0, 0.1) is 0 Å². The first-order valence-corrected chi connectivity index (χ1v) is 5.42. The molecule has 1 atom stereocenters. The van der Waals surface area contributed by atoms with Crippen molar-refractivity contribution in [1.29, 1.82) is 0 Å². The molecule has 0 aromatic carbocycles. The molecule has 0 spiro atoms. The van der Waals surface area contributed by atoms with E-state index in [1.54, 1.807) is 0 Å². The summed E-state index contributed by atoms with van der Waals surface area (Å²) in [4.78, 5) is 0. The molecule has 3 N–H and O–H groups in total. The quantitative estimate of drug-likeness (QED) is 0.212. The molecular weight excluding hydrogens is 223 g/mol. The van der Waals surface area contributed by atoms with Gasteiger partial charge in [0.25, 0.3) is 10.1 Å². The summed E-state index contributed by atoms with van der Waals surface area (Å²) < 4.78 is 33.4. The molecule has 0 aromatic rings. The van der Waals surface area contributed by atoms with E-state index in [0.29, 0.717) is 0 Å². The molecule has 82 valence electrons. The molecule has 0 aliphatic carbocycles. The zero-order valence-corrected chi connectivity index (χ0v) is 7.90. The number of aliphatic hydroxyl groups excluding tert-OH is 2. The van der Waals surface area contributed by atoms with E-state index in [9.17, 15) is 8.42 Å². The van der Waals surface area contributed by atoms with Crippen molar-refractivity contribution in [2.75, 3.05) is 19.0 Å². The van der Waals surface area contributed by atoms with Crippen LogP contribution in [0.25, 0.3) is 0 Å². The molecule has 14 heavy (non-hydrogen) atoms. The fourth-order valence-corrected chi connectivity index (χ4v) is 1.14. The average Bonchev–Trinajstić information content (AvgIpc) is 1.97. The first-order valence-electron chi connectivity index (χ1n) is 3.81. The summed E-state index contributed by atoms with van der Waals surface area (Å²) in [6.45, 7) is -0.166. The van der Waals surface area contributed by atoms with Crippen LogP contribution >= 0.6 is 0 Å². The Morgan fingerprint density at radius 2 is 1.93 bits per heavy atom. The van der Waals surface area contributed by atoms with Crippen LogP contribution in [0.5, 0.6) is 0 Å². The number of hydrogen-bond donors (Lipinski definition) is 3. The van der Waals surface area contributed by atoms with Crippen LogP contribution in [-0.2, 0) is 14.9 Å². The maximum absolute atomic E-state index is 10.2. The molecule has 0 aliphatic heterocycles. The van der Waals surface area contributed by atoms with Crippen molar-refractivity contribution >= 4 is 39.7 Å². The number of rotatable bonds is 7. The Kier molecular flexibility index (Phi) is 11.1. The fourth-order valence-electron chi connectivity index (χ4n) is 0.654. The normalized spacial score (nSPS) is 13.4. The molecule has 1 unspecified atom stereocenters. The van der Waals surface area contributed by atoms with Crippen LogP contribution < -0.4 is 0 Å². The molecule has 0 bridgehead atoms. The van der Waals surface area contributed by atoms with E-state index in [0.717, 1.165) is 0 Å². The summed E-state index contributed by atoms with van der Waals surface area (Å²) in [5.74, 6) is -0.390. The Bertz CT molecular complexity index is 216. The van der Waals surface area contributed by atoms with Gasteiger partial charge in [0.05, 0.1) is 12.4 Å². The van der Waals surface area contributed by atoms with Gasteiger partial charge in [-0.25, -0.2) is 0 Å². The Balaban J connectivity index is 0. The van der Waals surface area contributed by atoms with E-state index in [2.05, 4.69) is 0 Å². The van der Waals surface area contributed by atoms with Gasteiger partial charge in [-0.15, -0.1) is 0 Å². The maximum atomic E-state index is 10.2. The molecule has 0 radical (unpaired) electrons. The van der Waals surface area contributed by atoms with Crippen LogP contribution in [0.15, 0.2) is 0 Å². The zero-order valence-electron chi connectivity index (χ0n) is 7.09. The Hall–Kier alpha value is 0.790. The Morgan fingerprint density at radius 3 is 2.36 bits per heavy atom. The number of ether oxygens (including phenoxy) is 1. The minimum absolute atomic E-state index is 0. The van der Waals surface area contributed by atoms with Crippen LogP contribution in [0.3, 0.4) is 0 Å². The second-order valence-electron chi connectivity index (χ2n) is 2.48. The summed E-state index contributed by atoms with van der Waals surface area (Å²) in [6, 6.07) is 0. The zero-order chi connectivity index (χ0) is 10.3. The van der Waals surface area contributed by atoms with Crippen LogP contribution in [0.1, 0.15) is 12.8 Å². The number of hydrogen-bond acceptors (Lipinski definition) is 5. The van der Waals surface area contributed by atoms with Gasteiger partial charge >= 0.3 is 29.6 Å². The summed E-state index contributed by atoms with van der Waals surface area (Å²) >= 11 is 0. The van der Waals surface area contributed by atoms with Crippen molar-refractivity contribution in [3.63, 3.8) is 0 Å². The second-order valence-corrected chi connectivity index (χ2v) is 4.05. The predicted molar refractivity (Wildman–Crippen MR) is 51.8 cm³/mol. The topological polar surface area (TPSA) is 104 Å². The Morgan fingerprint density at radius 1 is 1.36 bits per heavy atom. The van der Waals surface area contributed by atoms with Gasteiger partial charge < -0.3 is 14.9 Å². The predicted octanol–water partition coefficient (Wildman–Crippen LogP) is -1.67. The van der Waals surface area contributed by atoms with Gasteiger partial charge in [-0.3, -0.25) is 4.55 Å². The van der Waals surface area contributed by atoms with E-state index < -0.39 is 22.2 Å². The summed E-state index contributed by atoms with van der Waals surface area (Å²) in [7, 11) is -3.95.